The van der Waals surface area contributed by atoms with Crippen LogP contribution >= 0.6 is 0 Å². The molecule has 0 amide bonds. The Hall–Kier alpha value is -0.420. The molecule has 0 nitrogen and oxygen atoms in total. The van der Waals surface area contributed by atoms with Crippen LogP contribution in [0.5, 0.6) is 0 Å². The first kappa shape index (κ1) is 13.6. The van der Waals surface area contributed by atoms with E-state index in [0.29, 0.717) is 0 Å². The fraction of sp³-hybridized carbons (Fsp3) is 1.00. The number of alkyl halides is 6. The summed E-state index contributed by atoms with van der Waals surface area (Å²) in [6, 6.07) is 0. The molecule has 16 heavy (non-hydrogen) atoms. The van der Waals surface area contributed by atoms with Gasteiger partial charge in [0.05, 0.1) is 11.8 Å². The molecule has 4 atom stereocenters. The highest BCUT2D eigenvalue weighted by atomic mass is 19.4. The lowest BCUT2D eigenvalue weighted by molar-refractivity contribution is -0.213. The predicted octanol–water partition coefficient (Wildman–Crippen LogP) is 4.27. The van der Waals surface area contributed by atoms with Crippen LogP contribution in [0, 0.1) is 29.6 Å². The second kappa shape index (κ2) is 3.81. The first-order valence-corrected chi connectivity index (χ1v) is 5.11. The third kappa shape index (κ3) is 2.15. The average Bonchev–Trinajstić information content (AvgIpc) is 2.19. The second-order valence-electron chi connectivity index (χ2n) is 4.71. The Labute approximate surface area is 90.0 Å². The zero-order valence-electron chi connectivity index (χ0n) is 9.15. The van der Waals surface area contributed by atoms with Gasteiger partial charge in [-0.25, -0.2) is 0 Å². The molecule has 1 aliphatic rings. The maximum Gasteiger partial charge on any atom is 0.392 e. The SMILES string of the molecule is CC1C(C)C(C(F)(F)F)C(C)C1C(F)(F)F. The van der Waals surface area contributed by atoms with Gasteiger partial charge in [0.15, 0.2) is 0 Å². The van der Waals surface area contributed by atoms with Gasteiger partial charge >= 0.3 is 12.4 Å². The Morgan fingerprint density at radius 3 is 0.938 bits per heavy atom. The summed E-state index contributed by atoms with van der Waals surface area (Å²) >= 11 is 0. The minimum absolute atomic E-state index is 0.985. The zero-order chi connectivity index (χ0) is 12.9. The van der Waals surface area contributed by atoms with Crippen molar-refractivity contribution < 1.29 is 26.3 Å². The summed E-state index contributed by atoms with van der Waals surface area (Å²) in [5, 5.41) is 0. The van der Waals surface area contributed by atoms with E-state index in [1.54, 1.807) is 0 Å². The van der Waals surface area contributed by atoms with Gasteiger partial charge in [0.1, 0.15) is 0 Å². The summed E-state index contributed by atoms with van der Waals surface area (Å²) in [6.07, 6.45) is -9.10. The fourth-order valence-corrected chi connectivity index (χ4v) is 3.03. The molecule has 0 aromatic carbocycles. The molecule has 0 saturated heterocycles. The van der Waals surface area contributed by atoms with Crippen molar-refractivity contribution in [2.75, 3.05) is 0 Å². The van der Waals surface area contributed by atoms with Gasteiger partial charge < -0.3 is 0 Å². The van der Waals surface area contributed by atoms with Crippen LogP contribution in [0.3, 0.4) is 0 Å². The van der Waals surface area contributed by atoms with Gasteiger partial charge in [-0.05, 0) is 17.8 Å². The van der Waals surface area contributed by atoms with E-state index in [4.69, 9.17) is 0 Å². The van der Waals surface area contributed by atoms with Crippen molar-refractivity contribution in [1.82, 2.24) is 0 Å². The van der Waals surface area contributed by atoms with Crippen molar-refractivity contribution in [3.63, 3.8) is 0 Å². The Morgan fingerprint density at radius 2 is 0.812 bits per heavy atom. The number of hydrogen-bond donors (Lipinski definition) is 0. The summed E-state index contributed by atoms with van der Waals surface area (Å²) < 4.78 is 75.8. The molecule has 1 aliphatic carbocycles. The summed E-state index contributed by atoms with van der Waals surface area (Å²) in [7, 11) is 0. The summed E-state index contributed by atoms with van der Waals surface area (Å²) in [5.41, 5.74) is 0. The molecule has 0 aromatic heterocycles. The topological polar surface area (TPSA) is 0 Å². The summed E-state index contributed by atoms with van der Waals surface area (Å²) in [6.45, 7) is 3.56. The van der Waals surface area contributed by atoms with Crippen molar-refractivity contribution in [2.45, 2.75) is 33.1 Å². The molecule has 0 N–H and O–H groups in total. The molecule has 4 unspecified atom stereocenters. The van der Waals surface area contributed by atoms with Gasteiger partial charge in [0, 0.05) is 0 Å². The highest BCUT2D eigenvalue weighted by Gasteiger charge is 2.62. The Morgan fingerprint density at radius 1 is 0.562 bits per heavy atom. The van der Waals surface area contributed by atoms with Gasteiger partial charge in [-0.1, -0.05) is 20.8 Å². The average molecular weight is 248 g/mol. The van der Waals surface area contributed by atoms with Crippen LogP contribution < -0.4 is 0 Å². The minimum Gasteiger partial charge on any atom is -0.171 e. The third-order valence-electron chi connectivity index (χ3n) is 3.85. The largest absolute Gasteiger partial charge is 0.392 e. The van der Waals surface area contributed by atoms with Crippen LogP contribution in [-0.4, -0.2) is 12.4 Å². The number of rotatable bonds is 0. The van der Waals surface area contributed by atoms with Crippen LogP contribution in [0.1, 0.15) is 20.8 Å². The van der Waals surface area contributed by atoms with Gasteiger partial charge in [0.2, 0.25) is 0 Å². The Kier molecular flexibility index (Phi) is 3.25. The molecule has 1 rings (SSSR count). The molecular formula is C10H14F6. The lowest BCUT2D eigenvalue weighted by Crippen LogP contribution is -2.33. The van der Waals surface area contributed by atoms with E-state index in [1.165, 1.54) is 13.8 Å². The minimum atomic E-state index is -4.55. The number of hydrogen-bond acceptors (Lipinski definition) is 0. The van der Waals surface area contributed by atoms with Crippen molar-refractivity contribution in [3.05, 3.63) is 0 Å². The van der Waals surface area contributed by atoms with Crippen molar-refractivity contribution in [2.24, 2.45) is 29.6 Å². The summed E-state index contributed by atoms with van der Waals surface area (Å²) in [5.74, 6) is -7.07. The zero-order valence-corrected chi connectivity index (χ0v) is 9.15. The van der Waals surface area contributed by atoms with Crippen LogP contribution in [0.4, 0.5) is 26.3 Å². The molecule has 0 bridgehead atoms. The standard InChI is InChI=1S/C10H14F6/c1-4-5(2)8(10(14,15)16)6(3)7(4)9(11,12)13/h4-8H,1-3H3. The van der Waals surface area contributed by atoms with Crippen LogP contribution in [0.25, 0.3) is 0 Å². The molecule has 0 spiro atoms. The van der Waals surface area contributed by atoms with E-state index in [2.05, 4.69) is 0 Å². The first-order chi connectivity index (χ1) is 6.98. The van der Waals surface area contributed by atoms with E-state index >= 15 is 0 Å². The highest BCUT2D eigenvalue weighted by Crippen LogP contribution is 2.56. The van der Waals surface area contributed by atoms with Crippen molar-refractivity contribution in [1.29, 1.82) is 0 Å². The quantitative estimate of drug-likeness (QED) is 0.562. The van der Waals surface area contributed by atoms with Gasteiger partial charge in [0.25, 0.3) is 0 Å². The predicted molar refractivity (Wildman–Crippen MR) is 46.6 cm³/mol. The fourth-order valence-electron chi connectivity index (χ4n) is 3.03. The van der Waals surface area contributed by atoms with E-state index in [0.717, 1.165) is 6.92 Å². The molecular weight excluding hydrogens is 234 g/mol. The second-order valence-corrected chi connectivity index (χ2v) is 4.71. The summed E-state index contributed by atoms with van der Waals surface area (Å²) in [4.78, 5) is 0. The van der Waals surface area contributed by atoms with Crippen LogP contribution in [0.15, 0.2) is 0 Å². The van der Waals surface area contributed by atoms with Crippen molar-refractivity contribution in [3.8, 4) is 0 Å². The lowest BCUT2D eigenvalue weighted by atomic mass is 9.88. The van der Waals surface area contributed by atoms with Gasteiger partial charge in [-0.2, -0.15) is 26.3 Å². The third-order valence-corrected chi connectivity index (χ3v) is 3.85. The maximum atomic E-state index is 12.6. The monoisotopic (exact) mass is 248 g/mol. The molecule has 0 radical (unpaired) electrons. The Bertz CT molecular complexity index is 227. The normalized spacial score (nSPS) is 41.4. The van der Waals surface area contributed by atoms with E-state index in [-0.39, 0.29) is 0 Å². The molecule has 0 heterocycles. The van der Waals surface area contributed by atoms with E-state index in [1.807, 2.05) is 0 Å². The van der Waals surface area contributed by atoms with E-state index in [9.17, 15) is 26.3 Å². The molecule has 1 fully saturated rings. The molecule has 0 aromatic rings. The maximum absolute atomic E-state index is 12.6. The van der Waals surface area contributed by atoms with Gasteiger partial charge in [-0.3, -0.25) is 0 Å². The van der Waals surface area contributed by atoms with E-state index < -0.39 is 41.9 Å². The first-order valence-electron chi connectivity index (χ1n) is 5.11. The molecule has 96 valence electrons. The van der Waals surface area contributed by atoms with Gasteiger partial charge in [-0.15, -0.1) is 0 Å². The van der Waals surface area contributed by atoms with Crippen molar-refractivity contribution >= 4 is 0 Å². The van der Waals surface area contributed by atoms with Crippen LogP contribution in [-0.2, 0) is 0 Å². The highest BCUT2D eigenvalue weighted by molar-refractivity contribution is 4.97. The van der Waals surface area contributed by atoms with Crippen LogP contribution in [0.2, 0.25) is 0 Å². The molecule has 1 saturated carbocycles. The smallest absolute Gasteiger partial charge is 0.171 e. The molecule has 6 heteroatoms. The molecule has 0 aliphatic heterocycles. The Balaban J connectivity index is 3.04. The number of halogens is 6. The lowest BCUT2D eigenvalue weighted by Gasteiger charge is -2.25.